The van der Waals surface area contributed by atoms with Gasteiger partial charge >= 0.3 is 5.97 Å². The van der Waals surface area contributed by atoms with Gasteiger partial charge in [-0.1, -0.05) is 29.8 Å². The Labute approximate surface area is 195 Å². The van der Waals surface area contributed by atoms with Crippen LogP contribution in [0.25, 0.3) is 0 Å². The molecule has 2 aromatic carbocycles. The molecule has 176 valence electrons. The highest BCUT2D eigenvalue weighted by Gasteiger charge is 2.28. The molecular formula is C25H30N2O5S. The van der Waals surface area contributed by atoms with E-state index in [-0.39, 0.29) is 24.6 Å². The number of aromatic amines is 1. The Morgan fingerprint density at radius 2 is 1.61 bits per heavy atom. The van der Waals surface area contributed by atoms with Crippen molar-refractivity contribution in [1.82, 2.24) is 9.29 Å². The van der Waals surface area contributed by atoms with Gasteiger partial charge in [0.2, 0.25) is 10.0 Å². The van der Waals surface area contributed by atoms with Crippen LogP contribution in [-0.4, -0.2) is 37.4 Å². The average Bonchev–Trinajstić information content (AvgIpc) is 3.08. The fourth-order valence-electron chi connectivity index (χ4n) is 3.63. The third-order valence-corrected chi connectivity index (χ3v) is 7.39. The molecule has 0 amide bonds. The number of aromatic nitrogens is 1. The minimum atomic E-state index is -3.84. The number of nitrogens with zero attached hydrogens (tertiary/aromatic N) is 1. The summed E-state index contributed by atoms with van der Waals surface area (Å²) in [5.41, 5.74) is 4.48. The summed E-state index contributed by atoms with van der Waals surface area (Å²) in [5, 5.41) is 0. The van der Waals surface area contributed by atoms with Gasteiger partial charge in [-0.25, -0.2) is 13.2 Å². The quantitative estimate of drug-likeness (QED) is 0.465. The number of aryl methyl sites for hydroxylation is 2. The van der Waals surface area contributed by atoms with Gasteiger partial charge in [-0.05, 0) is 68.7 Å². The lowest BCUT2D eigenvalue weighted by Gasteiger charge is -2.23. The van der Waals surface area contributed by atoms with Crippen LogP contribution in [0, 0.1) is 20.8 Å². The van der Waals surface area contributed by atoms with E-state index in [1.807, 2.05) is 38.1 Å². The van der Waals surface area contributed by atoms with Crippen molar-refractivity contribution in [2.24, 2.45) is 0 Å². The Hall–Kier alpha value is -3.10. The van der Waals surface area contributed by atoms with Gasteiger partial charge in [0, 0.05) is 18.8 Å². The predicted molar refractivity (Wildman–Crippen MR) is 127 cm³/mol. The topological polar surface area (TPSA) is 88.7 Å². The molecule has 0 aliphatic heterocycles. The normalized spacial score (nSPS) is 11.6. The second-order valence-corrected chi connectivity index (χ2v) is 9.82. The summed E-state index contributed by atoms with van der Waals surface area (Å²) in [7, 11) is -2.31. The van der Waals surface area contributed by atoms with E-state index >= 15 is 0 Å². The molecule has 7 nitrogen and oxygen atoms in total. The molecule has 1 aromatic heterocycles. The summed E-state index contributed by atoms with van der Waals surface area (Å²) in [5.74, 6) is 0.128. The molecule has 0 aliphatic carbocycles. The van der Waals surface area contributed by atoms with Crippen molar-refractivity contribution in [2.45, 2.75) is 45.7 Å². The molecule has 3 rings (SSSR count). The Morgan fingerprint density at radius 1 is 0.970 bits per heavy atom. The number of H-pyrrole nitrogens is 1. The Morgan fingerprint density at radius 3 is 2.18 bits per heavy atom. The molecule has 0 radical (unpaired) electrons. The standard InChI is InChI=1S/C25H30N2O5S/c1-6-32-25(28)24-18(3)23(19(4)26-24)16-27(15-20-9-7-17(2)8-10-20)33(29,30)22-13-11-21(31-5)12-14-22/h7-14,26H,6,15-16H2,1-5H3. The van der Waals surface area contributed by atoms with Gasteiger partial charge < -0.3 is 14.5 Å². The zero-order chi connectivity index (χ0) is 24.2. The van der Waals surface area contributed by atoms with E-state index in [4.69, 9.17) is 9.47 Å². The number of ether oxygens (including phenoxy) is 2. The monoisotopic (exact) mass is 470 g/mol. The molecule has 0 atom stereocenters. The average molecular weight is 471 g/mol. The highest BCUT2D eigenvalue weighted by atomic mass is 32.2. The number of carbonyl (C=O) groups excluding carboxylic acids is 1. The second-order valence-electron chi connectivity index (χ2n) is 7.88. The molecule has 3 aromatic rings. The summed E-state index contributed by atoms with van der Waals surface area (Å²) < 4.78 is 39.0. The first-order chi connectivity index (χ1) is 15.7. The molecular weight excluding hydrogens is 440 g/mol. The maximum absolute atomic E-state index is 13.7. The maximum Gasteiger partial charge on any atom is 0.355 e. The van der Waals surface area contributed by atoms with E-state index in [0.717, 1.165) is 22.4 Å². The largest absolute Gasteiger partial charge is 0.497 e. The van der Waals surface area contributed by atoms with E-state index < -0.39 is 16.0 Å². The van der Waals surface area contributed by atoms with Crippen LogP contribution in [0.3, 0.4) is 0 Å². The number of hydrogen-bond donors (Lipinski definition) is 1. The van der Waals surface area contributed by atoms with Gasteiger partial charge in [-0.2, -0.15) is 4.31 Å². The third-order valence-electron chi connectivity index (χ3n) is 5.58. The van der Waals surface area contributed by atoms with Gasteiger partial charge in [-0.3, -0.25) is 0 Å². The lowest BCUT2D eigenvalue weighted by atomic mass is 10.1. The maximum atomic E-state index is 13.7. The molecule has 0 spiro atoms. The zero-order valence-electron chi connectivity index (χ0n) is 19.6. The van der Waals surface area contributed by atoms with Crippen molar-refractivity contribution in [2.75, 3.05) is 13.7 Å². The highest BCUT2D eigenvalue weighted by Crippen LogP contribution is 2.27. The number of hydrogen-bond acceptors (Lipinski definition) is 5. The van der Waals surface area contributed by atoms with Crippen molar-refractivity contribution in [1.29, 1.82) is 0 Å². The molecule has 8 heteroatoms. The Balaban J connectivity index is 2.02. The highest BCUT2D eigenvalue weighted by molar-refractivity contribution is 7.89. The van der Waals surface area contributed by atoms with E-state index in [1.54, 1.807) is 26.0 Å². The van der Waals surface area contributed by atoms with Gasteiger partial charge in [0.25, 0.3) is 0 Å². The predicted octanol–water partition coefficient (Wildman–Crippen LogP) is 4.52. The number of esters is 1. The van der Waals surface area contributed by atoms with Crippen LogP contribution in [0.1, 0.15) is 45.4 Å². The molecule has 0 aliphatic rings. The molecule has 1 heterocycles. The molecule has 0 unspecified atom stereocenters. The smallest absolute Gasteiger partial charge is 0.355 e. The first-order valence-electron chi connectivity index (χ1n) is 10.7. The fraction of sp³-hybridized carbons (Fsp3) is 0.320. The van der Waals surface area contributed by atoms with Gasteiger partial charge in [0.05, 0.1) is 18.6 Å². The number of nitrogens with one attached hydrogen (secondary N) is 1. The van der Waals surface area contributed by atoms with Crippen molar-refractivity contribution < 1.29 is 22.7 Å². The molecule has 0 saturated heterocycles. The van der Waals surface area contributed by atoms with E-state index in [9.17, 15) is 13.2 Å². The first kappa shape index (κ1) is 24.5. The van der Waals surface area contributed by atoms with Crippen LogP contribution in [-0.2, 0) is 27.8 Å². The Kier molecular flexibility index (Phi) is 7.61. The number of benzene rings is 2. The van der Waals surface area contributed by atoms with Crippen LogP contribution in [0.15, 0.2) is 53.4 Å². The van der Waals surface area contributed by atoms with Crippen LogP contribution in [0.2, 0.25) is 0 Å². The van der Waals surface area contributed by atoms with Crippen molar-refractivity contribution in [3.8, 4) is 5.75 Å². The van der Waals surface area contributed by atoms with Crippen molar-refractivity contribution in [3.63, 3.8) is 0 Å². The van der Waals surface area contributed by atoms with Crippen LogP contribution in [0.5, 0.6) is 5.75 Å². The molecule has 0 saturated carbocycles. The summed E-state index contributed by atoms with van der Waals surface area (Å²) in [6.07, 6.45) is 0. The van der Waals surface area contributed by atoms with Crippen LogP contribution < -0.4 is 4.74 Å². The van der Waals surface area contributed by atoms with Gasteiger partial charge in [0.1, 0.15) is 11.4 Å². The summed E-state index contributed by atoms with van der Waals surface area (Å²) in [6.45, 7) is 7.92. The van der Waals surface area contributed by atoms with Gasteiger partial charge in [-0.15, -0.1) is 0 Å². The SMILES string of the molecule is CCOC(=O)c1[nH]c(C)c(CN(Cc2ccc(C)cc2)S(=O)(=O)c2ccc(OC)cc2)c1C. The molecule has 1 N–H and O–H groups in total. The zero-order valence-corrected chi connectivity index (χ0v) is 20.5. The number of sulfonamides is 1. The Bertz CT molecular complexity index is 1210. The minimum absolute atomic E-state index is 0.107. The van der Waals surface area contributed by atoms with Crippen LogP contribution >= 0.6 is 0 Å². The first-order valence-corrected chi connectivity index (χ1v) is 12.2. The van der Waals surface area contributed by atoms with Gasteiger partial charge in [0.15, 0.2) is 0 Å². The van der Waals surface area contributed by atoms with E-state index in [0.29, 0.717) is 17.0 Å². The minimum Gasteiger partial charge on any atom is -0.497 e. The van der Waals surface area contributed by atoms with E-state index in [1.165, 1.54) is 23.5 Å². The number of methoxy groups -OCH3 is 1. The fourth-order valence-corrected chi connectivity index (χ4v) is 5.03. The molecule has 33 heavy (non-hydrogen) atoms. The molecule has 0 fully saturated rings. The third kappa shape index (κ3) is 5.46. The summed E-state index contributed by atoms with van der Waals surface area (Å²) in [6, 6.07) is 14.1. The van der Waals surface area contributed by atoms with E-state index in [2.05, 4.69) is 4.98 Å². The summed E-state index contributed by atoms with van der Waals surface area (Å²) in [4.78, 5) is 15.6. The summed E-state index contributed by atoms with van der Waals surface area (Å²) >= 11 is 0. The lowest BCUT2D eigenvalue weighted by Crippen LogP contribution is -2.30. The van der Waals surface area contributed by atoms with Crippen molar-refractivity contribution >= 4 is 16.0 Å². The molecule has 0 bridgehead atoms. The lowest BCUT2D eigenvalue weighted by molar-refractivity contribution is 0.0519. The van der Waals surface area contributed by atoms with Crippen LogP contribution in [0.4, 0.5) is 0 Å². The van der Waals surface area contributed by atoms with Crippen molar-refractivity contribution in [3.05, 3.63) is 82.2 Å². The number of rotatable bonds is 9. The number of carbonyl (C=O) groups is 1. The second kappa shape index (κ2) is 10.2.